The summed E-state index contributed by atoms with van der Waals surface area (Å²) in [4.78, 5) is 15.5. The number of hydrogen-bond acceptors (Lipinski definition) is 4. The number of likely N-dealkylation sites (N-methyl/N-ethyl adjacent to an activating group) is 1. The van der Waals surface area contributed by atoms with Crippen molar-refractivity contribution in [2.45, 2.75) is 19.4 Å². The van der Waals surface area contributed by atoms with Crippen LogP contribution in [0.1, 0.15) is 26.6 Å². The van der Waals surface area contributed by atoms with E-state index >= 15 is 0 Å². The van der Waals surface area contributed by atoms with Gasteiger partial charge in [0.2, 0.25) is 0 Å². The first-order chi connectivity index (χ1) is 9.75. The molecule has 0 fully saturated rings. The molecule has 106 valence electrons. The molecule has 5 nitrogen and oxygen atoms in total. The van der Waals surface area contributed by atoms with E-state index in [1.54, 1.807) is 16.2 Å². The molecule has 1 aliphatic heterocycles. The molecule has 3 rings (SSSR count). The van der Waals surface area contributed by atoms with Gasteiger partial charge in [-0.3, -0.25) is 9.89 Å². The van der Waals surface area contributed by atoms with Gasteiger partial charge in [-0.1, -0.05) is 6.07 Å². The lowest BCUT2D eigenvalue weighted by atomic mass is 10.1. The number of hydrogen-bond donors (Lipinski definition) is 2. The van der Waals surface area contributed by atoms with Crippen molar-refractivity contribution in [1.29, 1.82) is 0 Å². The van der Waals surface area contributed by atoms with Crippen molar-refractivity contribution in [3.05, 3.63) is 39.3 Å². The molecule has 20 heavy (non-hydrogen) atoms. The average Bonchev–Trinajstić information content (AvgIpc) is 3.13. The highest BCUT2D eigenvalue weighted by Crippen LogP contribution is 2.17. The van der Waals surface area contributed by atoms with Crippen molar-refractivity contribution >= 4 is 17.2 Å². The standard InChI is InChI=1S/C14H18N4OS/c1-18(7-5-10-3-2-8-20-10)14(19)13-11-9-15-6-4-12(11)16-17-13/h2-3,8,15H,4-7,9H2,1H3,(H,16,17). The van der Waals surface area contributed by atoms with Crippen LogP contribution in [0.5, 0.6) is 0 Å². The van der Waals surface area contributed by atoms with E-state index in [1.807, 2.05) is 13.1 Å². The number of fused-ring (bicyclic) bond motifs is 1. The van der Waals surface area contributed by atoms with Gasteiger partial charge in [0.25, 0.3) is 5.91 Å². The Morgan fingerprint density at radius 2 is 2.45 bits per heavy atom. The van der Waals surface area contributed by atoms with Crippen LogP contribution < -0.4 is 5.32 Å². The second kappa shape index (κ2) is 5.76. The largest absolute Gasteiger partial charge is 0.340 e. The maximum atomic E-state index is 12.5. The third kappa shape index (κ3) is 2.62. The van der Waals surface area contributed by atoms with Crippen LogP contribution in [0.15, 0.2) is 17.5 Å². The van der Waals surface area contributed by atoms with Crippen LogP contribution >= 0.6 is 11.3 Å². The first kappa shape index (κ1) is 13.3. The van der Waals surface area contributed by atoms with Crippen LogP contribution in [0.25, 0.3) is 0 Å². The molecule has 0 saturated heterocycles. The van der Waals surface area contributed by atoms with E-state index < -0.39 is 0 Å². The SMILES string of the molecule is CN(CCc1cccs1)C(=O)c1n[nH]c2c1CNCC2. The highest BCUT2D eigenvalue weighted by molar-refractivity contribution is 7.09. The van der Waals surface area contributed by atoms with Gasteiger partial charge in [0.15, 0.2) is 5.69 Å². The smallest absolute Gasteiger partial charge is 0.274 e. The Bertz CT molecular complexity index is 590. The topological polar surface area (TPSA) is 61.0 Å². The minimum absolute atomic E-state index is 0.00255. The molecule has 1 amide bonds. The summed E-state index contributed by atoms with van der Waals surface area (Å²) in [5.74, 6) is 0.00255. The summed E-state index contributed by atoms with van der Waals surface area (Å²) in [5.41, 5.74) is 2.70. The van der Waals surface area contributed by atoms with Gasteiger partial charge in [0, 0.05) is 49.2 Å². The lowest BCUT2D eigenvalue weighted by Gasteiger charge is -2.18. The third-order valence-electron chi connectivity index (χ3n) is 3.63. The minimum atomic E-state index is 0.00255. The molecule has 0 aromatic carbocycles. The van der Waals surface area contributed by atoms with Crippen LogP contribution in [0.4, 0.5) is 0 Å². The Kier molecular flexibility index (Phi) is 3.84. The number of nitrogens with one attached hydrogen (secondary N) is 2. The van der Waals surface area contributed by atoms with Crippen LogP contribution in [0.2, 0.25) is 0 Å². The second-order valence-electron chi connectivity index (χ2n) is 5.01. The quantitative estimate of drug-likeness (QED) is 0.895. The van der Waals surface area contributed by atoms with E-state index in [4.69, 9.17) is 0 Å². The lowest BCUT2D eigenvalue weighted by molar-refractivity contribution is 0.0789. The van der Waals surface area contributed by atoms with Crippen LogP contribution in [-0.4, -0.2) is 41.1 Å². The molecular weight excluding hydrogens is 272 g/mol. The summed E-state index contributed by atoms with van der Waals surface area (Å²) >= 11 is 1.73. The van der Waals surface area contributed by atoms with Gasteiger partial charge < -0.3 is 10.2 Å². The van der Waals surface area contributed by atoms with Crippen molar-refractivity contribution in [2.75, 3.05) is 20.1 Å². The minimum Gasteiger partial charge on any atom is -0.340 e. The Morgan fingerprint density at radius 3 is 3.25 bits per heavy atom. The van der Waals surface area contributed by atoms with E-state index in [-0.39, 0.29) is 5.91 Å². The summed E-state index contributed by atoms with van der Waals surface area (Å²) in [7, 11) is 1.84. The van der Waals surface area contributed by atoms with Crippen molar-refractivity contribution in [2.24, 2.45) is 0 Å². The molecule has 0 spiro atoms. The summed E-state index contributed by atoms with van der Waals surface area (Å²) in [5, 5.41) is 12.6. The third-order valence-corrected chi connectivity index (χ3v) is 4.57. The van der Waals surface area contributed by atoms with Gasteiger partial charge in [-0.15, -0.1) is 11.3 Å². The molecule has 0 saturated carbocycles. The number of thiophene rings is 1. The van der Waals surface area contributed by atoms with Gasteiger partial charge in [0.05, 0.1) is 0 Å². The zero-order chi connectivity index (χ0) is 13.9. The molecular formula is C14H18N4OS. The predicted molar refractivity (Wildman–Crippen MR) is 79.0 cm³/mol. The molecule has 0 aliphatic carbocycles. The molecule has 0 bridgehead atoms. The van der Waals surface area contributed by atoms with Crippen molar-refractivity contribution in [3.8, 4) is 0 Å². The monoisotopic (exact) mass is 290 g/mol. The van der Waals surface area contributed by atoms with E-state index in [2.05, 4.69) is 27.0 Å². The van der Waals surface area contributed by atoms with Crippen LogP contribution in [0, 0.1) is 0 Å². The van der Waals surface area contributed by atoms with Crippen molar-refractivity contribution in [1.82, 2.24) is 20.4 Å². The highest BCUT2D eigenvalue weighted by Gasteiger charge is 2.23. The van der Waals surface area contributed by atoms with E-state index in [9.17, 15) is 4.79 Å². The zero-order valence-corrected chi connectivity index (χ0v) is 12.3. The van der Waals surface area contributed by atoms with Crippen LogP contribution in [0.3, 0.4) is 0 Å². The average molecular weight is 290 g/mol. The van der Waals surface area contributed by atoms with Gasteiger partial charge >= 0.3 is 0 Å². The Hall–Kier alpha value is -1.66. The summed E-state index contributed by atoms with van der Waals surface area (Å²) < 4.78 is 0. The fourth-order valence-electron chi connectivity index (χ4n) is 2.42. The van der Waals surface area contributed by atoms with E-state index in [0.717, 1.165) is 37.2 Å². The van der Waals surface area contributed by atoms with E-state index in [0.29, 0.717) is 12.2 Å². The maximum Gasteiger partial charge on any atom is 0.274 e. The normalized spacial score (nSPS) is 14.1. The maximum absolute atomic E-state index is 12.5. The number of carbonyl (C=O) groups excluding carboxylic acids is 1. The number of nitrogens with zero attached hydrogens (tertiary/aromatic N) is 2. The summed E-state index contributed by atoms with van der Waals surface area (Å²) in [6.07, 6.45) is 1.80. The Labute approximate surface area is 122 Å². The summed E-state index contributed by atoms with van der Waals surface area (Å²) in [6, 6.07) is 4.14. The fourth-order valence-corrected chi connectivity index (χ4v) is 3.12. The number of aromatic amines is 1. The summed E-state index contributed by atoms with van der Waals surface area (Å²) in [6.45, 7) is 2.39. The molecule has 6 heteroatoms. The number of carbonyl (C=O) groups is 1. The van der Waals surface area contributed by atoms with Gasteiger partial charge in [-0.2, -0.15) is 5.10 Å². The fraction of sp³-hybridized carbons (Fsp3) is 0.429. The molecule has 2 N–H and O–H groups in total. The molecule has 2 aromatic heterocycles. The Balaban J connectivity index is 1.67. The van der Waals surface area contributed by atoms with Crippen LogP contribution in [-0.2, 0) is 19.4 Å². The number of aromatic nitrogens is 2. The first-order valence-electron chi connectivity index (χ1n) is 6.80. The lowest BCUT2D eigenvalue weighted by Crippen LogP contribution is -2.31. The molecule has 0 unspecified atom stereocenters. The van der Waals surface area contributed by atoms with Crippen molar-refractivity contribution < 1.29 is 4.79 Å². The Morgan fingerprint density at radius 1 is 1.55 bits per heavy atom. The van der Waals surface area contributed by atoms with Gasteiger partial charge in [-0.25, -0.2) is 0 Å². The number of rotatable bonds is 4. The first-order valence-corrected chi connectivity index (χ1v) is 7.68. The molecule has 0 radical (unpaired) electrons. The zero-order valence-electron chi connectivity index (χ0n) is 11.5. The predicted octanol–water partition coefficient (Wildman–Crippen LogP) is 1.43. The molecule has 2 aromatic rings. The second-order valence-corrected chi connectivity index (χ2v) is 6.04. The van der Waals surface area contributed by atoms with Gasteiger partial charge in [0.1, 0.15) is 0 Å². The van der Waals surface area contributed by atoms with Crippen molar-refractivity contribution in [3.63, 3.8) is 0 Å². The molecule has 1 aliphatic rings. The number of H-pyrrole nitrogens is 1. The number of amides is 1. The molecule has 3 heterocycles. The van der Waals surface area contributed by atoms with Gasteiger partial charge in [-0.05, 0) is 17.9 Å². The highest BCUT2D eigenvalue weighted by atomic mass is 32.1. The van der Waals surface area contributed by atoms with E-state index in [1.165, 1.54) is 4.88 Å². The molecule has 0 atom stereocenters.